The molecule has 0 atom stereocenters. The van der Waals surface area contributed by atoms with Crippen LogP contribution in [-0.4, -0.2) is 18.5 Å². The van der Waals surface area contributed by atoms with Crippen molar-refractivity contribution >= 4 is 17.3 Å². The lowest BCUT2D eigenvalue weighted by Gasteiger charge is -2.27. The first-order valence-corrected chi connectivity index (χ1v) is 7.34. The van der Waals surface area contributed by atoms with Crippen molar-refractivity contribution in [2.75, 3.05) is 16.8 Å². The van der Waals surface area contributed by atoms with E-state index in [-0.39, 0.29) is 5.91 Å². The van der Waals surface area contributed by atoms with Crippen molar-refractivity contribution in [1.82, 2.24) is 0 Å². The van der Waals surface area contributed by atoms with E-state index < -0.39 is 0 Å². The number of carbonyl (C=O) groups excluding carboxylic acids is 1. The fourth-order valence-corrected chi connectivity index (χ4v) is 2.21. The van der Waals surface area contributed by atoms with Gasteiger partial charge >= 0.3 is 0 Å². The topological polar surface area (TPSA) is 32.3 Å². The molecule has 0 bridgehead atoms. The largest absolute Gasteiger partial charge is 0.369 e. The van der Waals surface area contributed by atoms with E-state index in [0.717, 1.165) is 24.2 Å². The molecule has 0 fully saturated rings. The number of nitrogens with zero attached hydrogens (tertiary/aromatic N) is 1. The number of anilines is 2. The maximum Gasteiger partial charge on any atom is 0.250 e. The molecule has 1 rings (SSSR count). The van der Waals surface area contributed by atoms with Gasteiger partial charge in [-0.1, -0.05) is 13.0 Å². The number of amides is 1. The van der Waals surface area contributed by atoms with Crippen molar-refractivity contribution in [3.05, 3.63) is 35.9 Å². The van der Waals surface area contributed by atoms with E-state index in [4.69, 9.17) is 0 Å². The molecule has 20 heavy (non-hydrogen) atoms. The van der Waals surface area contributed by atoms with Gasteiger partial charge in [0.2, 0.25) is 0 Å². The lowest BCUT2D eigenvalue weighted by atomic mass is 10.2. The number of hydrogen-bond acceptors (Lipinski definition) is 2. The maximum absolute atomic E-state index is 11.9. The Morgan fingerprint density at radius 1 is 1.25 bits per heavy atom. The fraction of sp³-hybridized carbons (Fsp3) is 0.471. The Hall–Kier alpha value is -1.77. The summed E-state index contributed by atoms with van der Waals surface area (Å²) in [6.45, 7) is 11.3. The molecule has 0 saturated carbocycles. The molecule has 0 spiro atoms. The molecule has 3 nitrogen and oxygen atoms in total. The van der Waals surface area contributed by atoms with E-state index in [1.165, 1.54) is 5.69 Å². The molecule has 0 radical (unpaired) electrons. The highest BCUT2D eigenvalue weighted by molar-refractivity contribution is 6.03. The van der Waals surface area contributed by atoms with Gasteiger partial charge in [0.15, 0.2) is 0 Å². The van der Waals surface area contributed by atoms with Crippen molar-refractivity contribution in [3.63, 3.8) is 0 Å². The van der Waals surface area contributed by atoms with Crippen LogP contribution in [0.2, 0.25) is 0 Å². The Balaban J connectivity index is 2.77. The molecule has 0 aliphatic carbocycles. The Bertz CT molecular complexity index is 460. The quantitative estimate of drug-likeness (QED) is 0.788. The zero-order valence-electron chi connectivity index (χ0n) is 13.2. The Kier molecular flexibility index (Phi) is 6.29. The summed E-state index contributed by atoms with van der Waals surface area (Å²) in [6, 6.07) is 8.49. The molecule has 1 amide bonds. The first-order chi connectivity index (χ1) is 9.49. The highest BCUT2D eigenvalue weighted by Crippen LogP contribution is 2.20. The predicted octanol–water partition coefficient (Wildman–Crippen LogP) is 4.22. The predicted molar refractivity (Wildman–Crippen MR) is 87.3 cm³/mol. The van der Waals surface area contributed by atoms with Crippen LogP contribution in [0.5, 0.6) is 0 Å². The fourth-order valence-electron chi connectivity index (χ4n) is 2.21. The van der Waals surface area contributed by atoms with Gasteiger partial charge in [-0.3, -0.25) is 4.79 Å². The summed E-state index contributed by atoms with van der Waals surface area (Å²) in [4.78, 5) is 14.2. The Morgan fingerprint density at radius 2 is 1.85 bits per heavy atom. The summed E-state index contributed by atoms with van der Waals surface area (Å²) in [5.74, 6) is -0.0317. The van der Waals surface area contributed by atoms with Crippen molar-refractivity contribution in [2.45, 2.75) is 47.1 Å². The lowest BCUT2D eigenvalue weighted by molar-refractivity contribution is -0.112. The third-order valence-corrected chi connectivity index (χ3v) is 3.29. The van der Waals surface area contributed by atoms with Gasteiger partial charge in [0.25, 0.3) is 5.91 Å². The zero-order valence-corrected chi connectivity index (χ0v) is 13.2. The van der Waals surface area contributed by atoms with Crippen LogP contribution in [0.1, 0.15) is 41.0 Å². The first-order valence-electron chi connectivity index (χ1n) is 7.34. The molecule has 0 aliphatic rings. The monoisotopic (exact) mass is 274 g/mol. The first kappa shape index (κ1) is 16.3. The minimum absolute atomic E-state index is 0.0317. The van der Waals surface area contributed by atoms with E-state index >= 15 is 0 Å². The molecule has 3 heteroatoms. The van der Waals surface area contributed by atoms with E-state index in [1.54, 1.807) is 0 Å². The van der Waals surface area contributed by atoms with E-state index in [1.807, 2.05) is 32.1 Å². The lowest BCUT2D eigenvalue weighted by Crippen LogP contribution is -2.30. The Labute approximate surface area is 122 Å². The second-order valence-electron chi connectivity index (χ2n) is 5.18. The number of rotatable bonds is 6. The number of allylic oxidation sites excluding steroid dienone is 1. The highest BCUT2D eigenvalue weighted by atomic mass is 16.1. The van der Waals surface area contributed by atoms with Crippen LogP contribution in [0.15, 0.2) is 35.9 Å². The smallest absolute Gasteiger partial charge is 0.250 e. The van der Waals surface area contributed by atoms with Gasteiger partial charge in [0.05, 0.1) is 0 Å². The van der Waals surface area contributed by atoms with Crippen molar-refractivity contribution < 1.29 is 4.79 Å². The SMILES string of the molecule is CC/C=C(/C)C(=O)Nc1ccc(N(CC)C(C)C)cc1. The maximum atomic E-state index is 11.9. The van der Waals surface area contributed by atoms with Crippen LogP contribution in [0, 0.1) is 0 Å². The van der Waals surface area contributed by atoms with Gasteiger partial charge in [-0.15, -0.1) is 0 Å². The molecule has 0 saturated heterocycles. The number of benzene rings is 1. The number of nitrogens with one attached hydrogen (secondary N) is 1. The molecule has 0 aromatic heterocycles. The average molecular weight is 274 g/mol. The van der Waals surface area contributed by atoms with Crippen LogP contribution >= 0.6 is 0 Å². The van der Waals surface area contributed by atoms with E-state index in [0.29, 0.717) is 6.04 Å². The minimum atomic E-state index is -0.0317. The second-order valence-corrected chi connectivity index (χ2v) is 5.18. The summed E-state index contributed by atoms with van der Waals surface area (Å²) in [5, 5.41) is 2.91. The Morgan fingerprint density at radius 3 is 2.30 bits per heavy atom. The van der Waals surface area contributed by atoms with Gasteiger partial charge in [0, 0.05) is 29.5 Å². The highest BCUT2D eigenvalue weighted by Gasteiger charge is 2.09. The van der Waals surface area contributed by atoms with Gasteiger partial charge in [0.1, 0.15) is 0 Å². The summed E-state index contributed by atoms with van der Waals surface area (Å²) >= 11 is 0. The number of hydrogen-bond donors (Lipinski definition) is 1. The van der Waals surface area contributed by atoms with Crippen LogP contribution < -0.4 is 10.2 Å². The van der Waals surface area contributed by atoms with Gasteiger partial charge in [-0.25, -0.2) is 0 Å². The van der Waals surface area contributed by atoms with Crippen LogP contribution in [-0.2, 0) is 4.79 Å². The summed E-state index contributed by atoms with van der Waals surface area (Å²) < 4.78 is 0. The van der Waals surface area contributed by atoms with Gasteiger partial charge in [-0.05, 0) is 58.4 Å². The van der Waals surface area contributed by atoms with Crippen LogP contribution in [0.4, 0.5) is 11.4 Å². The molecule has 110 valence electrons. The van der Waals surface area contributed by atoms with Crippen molar-refractivity contribution in [1.29, 1.82) is 0 Å². The molecule has 0 unspecified atom stereocenters. The van der Waals surface area contributed by atoms with Crippen LogP contribution in [0.3, 0.4) is 0 Å². The molecule has 1 aromatic rings. The molecular formula is C17H26N2O. The summed E-state index contributed by atoms with van der Waals surface area (Å²) in [6.07, 6.45) is 2.80. The third kappa shape index (κ3) is 4.41. The zero-order chi connectivity index (χ0) is 15.1. The summed E-state index contributed by atoms with van der Waals surface area (Å²) in [7, 11) is 0. The van der Waals surface area contributed by atoms with E-state index in [9.17, 15) is 4.79 Å². The molecular weight excluding hydrogens is 248 g/mol. The number of carbonyl (C=O) groups is 1. The molecule has 0 aliphatic heterocycles. The van der Waals surface area contributed by atoms with Gasteiger partial charge < -0.3 is 10.2 Å². The van der Waals surface area contributed by atoms with Crippen molar-refractivity contribution in [2.24, 2.45) is 0 Å². The molecule has 1 aromatic carbocycles. The van der Waals surface area contributed by atoms with Gasteiger partial charge in [-0.2, -0.15) is 0 Å². The summed E-state index contributed by atoms with van der Waals surface area (Å²) in [5.41, 5.74) is 2.78. The van der Waals surface area contributed by atoms with E-state index in [2.05, 4.69) is 43.1 Å². The van der Waals surface area contributed by atoms with Crippen molar-refractivity contribution in [3.8, 4) is 0 Å². The normalized spacial score (nSPS) is 11.6. The molecule has 1 N–H and O–H groups in total. The average Bonchev–Trinajstić information content (AvgIpc) is 2.41. The molecule has 0 heterocycles. The minimum Gasteiger partial charge on any atom is -0.369 e. The second kappa shape index (κ2) is 7.73. The van der Waals surface area contributed by atoms with Crippen LogP contribution in [0.25, 0.3) is 0 Å². The third-order valence-electron chi connectivity index (χ3n) is 3.29. The standard InChI is InChI=1S/C17H26N2O/c1-6-8-14(5)17(20)18-15-9-11-16(12-10-15)19(7-2)13(3)4/h8-13H,6-7H2,1-5H3,(H,18,20)/b14-8-.